The van der Waals surface area contributed by atoms with E-state index in [-0.39, 0.29) is 12.2 Å². The standard InChI is InChI=1S/C20H17Cl2N3O2S/c1-3-10-24(12-14-8-9-18(22)28-14)20(27)19-17(26)11-13(2)25(23-19)16-7-5-4-6-15(16)21/h3-9,11H,1,10,12H2,2H3. The summed E-state index contributed by atoms with van der Waals surface area (Å²) in [7, 11) is 0. The maximum atomic E-state index is 13.1. The van der Waals surface area contributed by atoms with E-state index in [1.807, 2.05) is 12.1 Å². The van der Waals surface area contributed by atoms with E-state index in [1.54, 1.807) is 37.3 Å². The molecule has 144 valence electrons. The van der Waals surface area contributed by atoms with Gasteiger partial charge in [-0.25, -0.2) is 4.68 Å². The summed E-state index contributed by atoms with van der Waals surface area (Å²) in [6.45, 7) is 6.02. The Morgan fingerprint density at radius 1 is 1.29 bits per heavy atom. The number of carbonyl (C=O) groups excluding carboxylic acids is 1. The second-order valence-electron chi connectivity index (χ2n) is 6.04. The Morgan fingerprint density at radius 2 is 2.04 bits per heavy atom. The minimum absolute atomic E-state index is 0.171. The molecular weight excluding hydrogens is 417 g/mol. The van der Waals surface area contributed by atoms with Crippen molar-refractivity contribution in [2.45, 2.75) is 13.5 Å². The van der Waals surface area contributed by atoms with Gasteiger partial charge in [-0.1, -0.05) is 41.4 Å². The van der Waals surface area contributed by atoms with Crippen molar-refractivity contribution in [3.8, 4) is 5.69 Å². The highest BCUT2D eigenvalue weighted by molar-refractivity contribution is 7.16. The Kier molecular flexibility index (Phi) is 6.34. The fourth-order valence-corrected chi connectivity index (χ4v) is 4.03. The zero-order valence-corrected chi connectivity index (χ0v) is 17.4. The van der Waals surface area contributed by atoms with Gasteiger partial charge in [0.2, 0.25) is 5.43 Å². The molecule has 0 radical (unpaired) electrons. The molecule has 0 saturated carbocycles. The zero-order chi connectivity index (χ0) is 20.3. The molecule has 5 nitrogen and oxygen atoms in total. The molecule has 1 amide bonds. The molecule has 0 aliphatic rings. The molecule has 0 unspecified atom stereocenters. The van der Waals surface area contributed by atoms with Crippen LogP contribution < -0.4 is 5.43 Å². The molecular formula is C20H17Cl2N3O2S. The van der Waals surface area contributed by atoms with E-state index >= 15 is 0 Å². The average Bonchev–Trinajstić information content (AvgIpc) is 3.07. The molecule has 2 heterocycles. The molecule has 3 rings (SSSR count). The first kappa shape index (κ1) is 20.3. The largest absolute Gasteiger partial charge is 0.328 e. The Bertz CT molecular complexity index is 1090. The van der Waals surface area contributed by atoms with Crippen LogP contribution in [0.3, 0.4) is 0 Å². The van der Waals surface area contributed by atoms with Crippen molar-refractivity contribution in [2.75, 3.05) is 6.54 Å². The van der Waals surface area contributed by atoms with Crippen LogP contribution in [0.4, 0.5) is 0 Å². The monoisotopic (exact) mass is 433 g/mol. The first-order valence-electron chi connectivity index (χ1n) is 8.41. The van der Waals surface area contributed by atoms with E-state index in [2.05, 4.69) is 11.7 Å². The molecule has 1 aromatic carbocycles. The number of rotatable bonds is 6. The highest BCUT2D eigenvalue weighted by Crippen LogP contribution is 2.23. The van der Waals surface area contributed by atoms with Crippen LogP contribution in [-0.4, -0.2) is 27.1 Å². The molecule has 0 saturated heterocycles. The van der Waals surface area contributed by atoms with E-state index in [0.717, 1.165) is 4.88 Å². The van der Waals surface area contributed by atoms with Crippen LogP contribution in [0.15, 0.2) is 59.9 Å². The van der Waals surface area contributed by atoms with Crippen LogP contribution >= 0.6 is 34.5 Å². The van der Waals surface area contributed by atoms with Gasteiger partial charge in [0.15, 0.2) is 5.69 Å². The molecule has 2 aromatic heterocycles. The van der Waals surface area contributed by atoms with Gasteiger partial charge >= 0.3 is 0 Å². The topological polar surface area (TPSA) is 55.2 Å². The molecule has 0 fully saturated rings. The van der Waals surface area contributed by atoms with Crippen molar-refractivity contribution in [2.24, 2.45) is 0 Å². The Hall–Kier alpha value is -2.41. The first-order valence-corrected chi connectivity index (χ1v) is 9.98. The lowest BCUT2D eigenvalue weighted by molar-refractivity contribution is 0.0755. The summed E-state index contributed by atoms with van der Waals surface area (Å²) in [5.74, 6) is -0.477. The lowest BCUT2D eigenvalue weighted by Gasteiger charge is -2.20. The van der Waals surface area contributed by atoms with Crippen LogP contribution in [0.1, 0.15) is 21.1 Å². The van der Waals surface area contributed by atoms with Gasteiger partial charge < -0.3 is 4.90 Å². The first-order chi connectivity index (χ1) is 13.4. The van der Waals surface area contributed by atoms with E-state index < -0.39 is 11.3 Å². The number of nitrogens with zero attached hydrogens (tertiary/aromatic N) is 3. The molecule has 28 heavy (non-hydrogen) atoms. The van der Waals surface area contributed by atoms with Crippen molar-refractivity contribution in [3.05, 3.63) is 91.0 Å². The third-order valence-electron chi connectivity index (χ3n) is 4.00. The van der Waals surface area contributed by atoms with Gasteiger partial charge in [-0.2, -0.15) is 5.10 Å². The normalized spacial score (nSPS) is 10.7. The van der Waals surface area contributed by atoms with Crippen molar-refractivity contribution >= 4 is 40.4 Å². The number of halogens is 2. The number of hydrogen-bond donors (Lipinski definition) is 0. The molecule has 0 bridgehead atoms. The van der Waals surface area contributed by atoms with Crippen LogP contribution in [0.25, 0.3) is 5.69 Å². The van der Waals surface area contributed by atoms with Gasteiger partial charge in [-0.3, -0.25) is 9.59 Å². The van der Waals surface area contributed by atoms with Crippen LogP contribution in [0, 0.1) is 6.92 Å². The minimum Gasteiger partial charge on any atom is -0.328 e. The van der Waals surface area contributed by atoms with Gasteiger partial charge in [0, 0.05) is 23.2 Å². The van der Waals surface area contributed by atoms with Crippen molar-refractivity contribution in [1.29, 1.82) is 0 Å². The Morgan fingerprint density at radius 3 is 2.68 bits per heavy atom. The number of amides is 1. The van der Waals surface area contributed by atoms with Gasteiger partial charge in [0.05, 0.1) is 21.6 Å². The molecule has 3 aromatic rings. The van der Waals surface area contributed by atoms with Crippen molar-refractivity contribution in [3.63, 3.8) is 0 Å². The predicted molar refractivity (Wildman–Crippen MR) is 114 cm³/mol. The van der Waals surface area contributed by atoms with Gasteiger partial charge in [0.1, 0.15) is 0 Å². The van der Waals surface area contributed by atoms with Gasteiger partial charge in [-0.15, -0.1) is 17.9 Å². The van der Waals surface area contributed by atoms with Gasteiger partial charge in [0.25, 0.3) is 5.91 Å². The minimum atomic E-state index is -0.477. The quantitative estimate of drug-likeness (QED) is 0.527. The fourth-order valence-electron chi connectivity index (χ4n) is 2.71. The predicted octanol–water partition coefficient (Wildman–Crippen LogP) is 4.74. The zero-order valence-electron chi connectivity index (χ0n) is 15.1. The Balaban J connectivity index is 2.02. The number of para-hydroxylation sites is 1. The maximum absolute atomic E-state index is 13.1. The third-order valence-corrected chi connectivity index (χ3v) is 5.54. The number of carbonyl (C=O) groups is 1. The van der Waals surface area contributed by atoms with Crippen LogP contribution in [0.5, 0.6) is 0 Å². The van der Waals surface area contributed by atoms with Gasteiger partial charge in [-0.05, 0) is 31.2 Å². The van der Waals surface area contributed by atoms with Crippen LogP contribution in [-0.2, 0) is 6.54 Å². The summed E-state index contributed by atoms with van der Waals surface area (Å²) in [6.07, 6.45) is 1.61. The van der Waals surface area contributed by atoms with E-state index in [9.17, 15) is 9.59 Å². The van der Waals surface area contributed by atoms with Crippen molar-refractivity contribution in [1.82, 2.24) is 14.7 Å². The SMILES string of the molecule is C=CCN(Cc1ccc(Cl)s1)C(=O)c1nn(-c2ccccc2Cl)c(C)cc1=O. The average molecular weight is 434 g/mol. The van der Waals surface area contributed by atoms with E-state index in [0.29, 0.717) is 27.3 Å². The lowest BCUT2D eigenvalue weighted by Crippen LogP contribution is -2.36. The lowest BCUT2D eigenvalue weighted by atomic mass is 10.2. The molecule has 0 aliphatic carbocycles. The number of aryl methyl sites for hydroxylation is 1. The number of thiophene rings is 1. The summed E-state index contributed by atoms with van der Waals surface area (Å²) in [5, 5.41) is 4.79. The van der Waals surface area contributed by atoms with Crippen molar-refractivity contribution < 1.29 is 4.79 Å². The summed E-state index contributed by atoms with van der Waals surface area (Å²) in [6, 6.07) is 12.1. The number of benzene rings is 1. The molecule has 0 atom stereocenters. The third kappa shape index (κ3) is 4.35. The number of aromatic nitrogens is 2. The molecule has 0 aliphatic heterocycles. The van der Waals surface area contributed by atoms with E-state index in [1.165, 1.54) is 27.0 Å². The van der Waals surface area contributed by atoms with Crippen LogP contribution in [0.2, 0.25) is 9.36 Å². The second-order valence-corrected chi connectivity index (χ2v) is 8.25. The summed E-state index contributed by atoms with van der Waals surface area (Å²) < 4.78 is 2.14. The number of hydrogen-bond acceptors (Lipinski definition) is 4. The summed E-state index contributed by atoms with van der Waals surface area (Å²) in [5.41, 5.74) is 0.560. The molecule has 0 spiro atoms. The highest BCUT2D eigenvalue weighted by atomic mass is 35.5. The second kappa shape index (κ2) is 8.73. The smallest absolute Gasteiger partial charge is 0.279 e. The highest BCUT2D eigenvalue weighted by Gasteiger charge is 2.22. The maximum Gasteiger partial charge on any atom is 0.279 e. The molecule has 8 heteroatoms. The summed E-state index contributed by atoms with van der Waals surface area (Å²) >= 11 is 13.6. The molecule has 0 N–H and O–H groups in total. The fraction of sp³-hybridized carbons (Fsp3) is 0.150. The van der Waals surface area contributed by atoms with E-state index in [4.69, 9.17) is 23.2 Å². The summed E-state index contributed by atoms with van der Waals surface area (Å²) in [4.78, 5) is 28.0. The Labute approximate surface area is 176 Å².